The number of halogens is 1. The Bertz CT molecular complexity index is 593. The monoisotopic (exact) mass is 314 g/mol. The Balaban J connectivity index is 1.86. The number of nitrogens with zero attached hydrogens (tertiary/aromatic N) is 2. The van der Waals surface area contributed by atoms with Gasteiger partial charge in [-0.15, -0.1) is 0 Å². The van der Waals surface area contributed by atoms with Gasteiger partial charge in [0.1, 0.15) is 0 Å². The molecule has 0 bridgehead atoms. The van der Waals surface area contributed by atoms with Crippen LogP contribution in [0.15, 0.2) is 18.2 Å². The molecule has 110 valence electrons. The van der Waals surface area contributed by atoms with Crippen LogP contribution >= 0.6 is 11.6 Å². The molecule has 1 aliphatic carbocycles. The SMILES string of the molecule is Cc1cccc(Cl)c1CN1CCCN(C2CC2)S1(=O)=O. The highest BCUT2D eigenvalue weighted by molar-refractivity contribution is 7.86. The van der Waals surface area contributed by atoms with Crippen molar-refractivity contribution >= 4 is 21.8 Å². The van der Waals surface area contributed by atoms with E-state index in [1.807, 2.05) is 25.1 Å². The predicted molar refractivity (Wildman–Crippen MR) is 79.9 cm³/mol. The van der Waals surface area contributed by atoms with E-state index < -0.39 is 10.2 Å². The Labute approximate surface area is 125 Å². The van der Waals surface area contributed by atoms with Crippen LogP contribution in [0.2, 0.25) is 5.02 Å². The van der Waals surface area contributed by atoms with Crippen molar-refractivity contribution in [1.82, 2.24) is 8.61 Å². The molecule has 0 radical (unpaired) electrons. The molecular formula is C14H19ClN2O2S. The summed E-state index contributed by atoms with van der Waals surface area (Å²) in [6, 6.07) is 5.91. The largest absolute Gasteiger partial charge is 0.282 e. The molecule has 0 atom stereocenters. The van der Waals surface area contributed by atoms with Crippen LogP contribution in [0.25, 0.3) is 0 Å². The molecule has 3 rings (SSSR count). The molecule has 2 aliphatic rings. The minimum absolute atomic E-state index is 0.232. The van der Waals surface area contributed by atoms with E-state index in [0.717, 1.165) is 30.4 Å². The van der Waals surface area contributed by atoms with Crippen LogP contribution in [0.4, 0.5) is 0 Å². The maximum absolute atomic E-state index is 12.6. The van der Waals surface area contributed by atoms with E-state index in [2.05, 4.69) is 0 Å². The van der Waals surface area contributed by atoms with Crippen molar-refractivity contribution in [2.75, 3.05) is 13.1 Å². The first-order valence-electron chi connectivity index (χ1n) is 7.01. The summed E-state index contributed by atoms with van der Waals surface area (Å²) in [7, 11) is -3.32. The fourth-order valence-corrected chi connectivity index (χ4v) is 4.90. The highest BCUT2D eigenvalue weighted by Gasteiger charge is 2.42. The molecule has 6 heteroatoms. The van der Waals surface area contributed by atoms with Crippen molar-refractivity contribution in [3.63, 3.8) is 0 Å². The van der Waals surface area contributed by atoms with E-state index in [1.54, 1.807) is 8.61 Å². The van der Waals surface area contributed by atoms with Crippen molar-refractivity contribution in [2.24, 2.45) is 0 Å². The molecule has 1 saturated carbocycles. The van der Waals surface area contributed by atoms with Gasteiger partial charge in [0.05, 0.1) is 0 Å². The van der Waals surface area contributed by atoms with E-state index in [1.165, 1.54) is 0 Å². The summed E-state index contributed by atoms with van der Waals surface area (Å²) in [6.45, 7) is 3.58. The van der Waals surface area contributed by atoms with Crippen LogP contribution in [-0.2, 0) is 16.8 Å². The first kappa shape index (κ1) is 14.3. The Morgan fingerprint density at radius 3 is 2.70 bits per heavy atom. The zero-order valence-electron chi connectivity index (χ0n) is 11.5. The molecule has 1 saturated heterocycles. The van der Waals surface area contributed by atoms with Crippen LogP contribution in [0, 0.1) is 6.92 Å². The minimum Gasteiger partial charge on any atom is -0.195 e. The quantitative estimate of drug-likeness (QED) is 0.860. The van der Waals surface area contributed by atoms with E-state index in [4.69, 9.17) is 11.6 Å². The molecule has 2 fully saturated rings. The lowest BCUT2D eigenvalue weighted by Crippen LogP contribution is -2.50. The van der Waals surface area contributed by atoms with Gasteiger partial charge in [-0.05, 0) is 43.4 Å². The Morgan fingerprint density at radius 1 is 1.30 bits per heavy atom. The van der Waals surface area contributed by atoms with E-state index in [0.29, 0.717) is 24.7 Å². The average molecular weight is 315 g/mol. The summed E-state index contributed by atoms with van der Waals surface area (Å²) >= 11 is 6.22. The molecule has 1 aliphatic heterocycles. The van der Waals surface area contributed by atoms with Gasteiger partial charge in [-0.25, -0.2) is 0 Å². The third kappa shape index (κ3) is 2.60. The molecule has 0 spiro atoms. The molecule has 1 heterocycles. The predicted octanol–water partition coefficient (Wildman–Crippen LogP) is 2.56. The maximum Gasteiger partial charge on any atom is 0.282 e. The summed E-state index contributed by atoms with van der Waals surface area (Å²) in [5, 5.41) is 0.642. The Kier molecular flexibility index (Phi) is 3.79. The molecule has 4 nitrogen and oxygen atoms in total. The van der Waals surface area contributed by atoms with Gasteiger partial charge in [-0.3, -0.25) is 0 Å². The standard InChI is InChI=1S/C14H19ClN2O2S/c1-11-4-2-5-14(15)13(11)10-16-8-3-9-17(12-6-7-12)20(16,18)19/h2,4-5,12H,3,6-10H2,1H3. The van der Waals surface area contributed by atoms with Gasteiger partial charge in [0.25, 0.3) is 10.2 Å². The van der Waals surface area contributed by atoms with Crippen molar-refractivity contribution in [2.45, 2.75) is 38.8 Å². The third-order valence-corrected chi connectivity index (χ3v) is 6.44. The van der Waals surface area contributed by atoms with Gasteiger partial charge < -0.3 is 0 Å². The number of benzene rings is 1. The van der Waals surface area contributed by atoms with Gasteiger partial charge in [0.15, 0.2) is 0 Å². The number of hydrogen-bond donors (Lipinski definition) is 0. The zero-order chi connectivity index (χ0) is 14.3. The fourth-order valence-electron chi connectivity index (χ4n) is 2.72. The van der Waals surface area contributed by atoms with E-state index in [-0.39, 0.29) is 6.04 Å². The van der Waals surface area contributed by atoms with Gasteiger partial charge in [0.2, 0.25) is 0 Å². The first-order chi connectivity index (χ1) is 9.50. The number of rotatable bonds is 3. The van der Waals surface area contributed by atoms with Gasteiger partial charge >= 0.3 is 0 Å². The fraction of sp³-hybridized carbons (Fsp3) is 0.571. The Morgan fingerprint density at radius 2 is 2.05 bits per heavy atom. The second-order valence-electron chi connectivity index (χ2n) is 5.57. The molecule has 20 heavy (non-hydrogen) atoms. The molecule has 0 N–H and O–H groups in total. The second kappa shape index (κ2) is 5.30. The van der Waals surface area contributed by atoms with Crippen LogP contribution < -0.4 is 0 Å². The first-order valence-corrected chi connectivity index (χ1v) is 8.78. The van der Waals surface area contributed by atoms with Crippen LogP contribution in [-0.4, -0.2) is 36.2 Å². The summed E-state index contributed by atoms with van der Waals surface area (Å²) in [5.74, 6) is 0. The Hall–Kier alpha value is -0.620. The number of hydrogen-bond acceptors (Lipinski definition) is 2. The maximum atomic E-state index is 12.6. The normalized spacial score (nSPS) is 23.9. The van der Waals surface area contributed by atoms with Crippen molar-refractivity contribution in [3.8, 4) is 0 Å². The molecule has 0 amide bonds. The van der Waals surface area contributed by atoms with Gasteiger partial charge in [-0.1, -0.05) is 23.7 Å². The molecule has 0 unspecified atom stereocenters. The second-order valence-corrected chi connectivity index (χ2v) is 7.86. The van der Waals surface area contributed by atoms with E-state index in [9.17, 15) is 8.42 Å². The van der Waals surface area contributed by atoms with Crippen molar-refractivity contribution in [3.05, 3.63) is 34.3 Å². The molecular weight excluding hydrogens is 296 g/mol. The lowest BCUT2D eigenvalue weighted by molar-refractivity contribution is 0.275. The lowest BCUT2D eigenvalue weighted by atomic mass is 10.1. The van der Waals surface area contributed by atoms with Crippen LogP contribution in [0.3, 0.4) is 0 Å². The molecule has 1 aromatic rings. The van der Waals surface area contributed by atoms with Crippen LogP contribution in [0.5, 0.6) is 0 Å². The van der Waals surface area contributed by atoms with Crippen LogP contribution in [0.1, 0.15) is 30.4 Å². The highest BCUT2D eigenvalue weighted by atomic mass is 35.5. The zero-order valence-corrected chi connectivity index (χ0v) is 13.1. The lowest BCUT2D eigenvalue weighted by Gasteiger charge is -2.35. The number of aryl methyl sites for hydroxylation is 1. The van der Waals surface area contributed by atoms with Gasteiger partial charge in [-0.2, -0.15) is 17.0 Å². The topological polar surface area (TPSA) is 40.6 Å². The smallest absolute Gasteiger partial charge is 0.195 e. The minimum atomic E-state index is -3.32. The van der Waals surface area contributed by atoms with E-state index >= 15 is 0 Å². The van der Waals surface area contributed by atoms with Crippen molar-refractivity contribution < 1.29 is 8.42 Å². The highest BCUT2D eigenvalue weighted by Crippen LogP contribution is 2.34. The average Bonchev–Trinajstić information content (AvgIpc) is 3.19. The van der Waals surface area contributed by atoms with Crippen molar-refractivity contribution in [1.29, 1.82) is 0 Å². The molecule has 0 aromatic heterocycles. The molecule has 1 aromatic carbocycles. The summed E-state index contributed by atoms with van der Waals surface area (Å²) < 4.78 is 28.5. The third-order valence-electron chi connectivity index (χ3n) is 4.05. The van der Waals surface area contributed by atoms with Gasteiger partial charge in [0, 0.05) is 30.7 Å². The summed E-state index contributed by atoms with van der Waals surface area (Å²) in [5.41, 5.74) is 1.95. The summed E-state index contributed by atoms with van der Waals surface area (Å²) in [4.78, 5) is 0. The summed E-state index contributed by atoms with van der Waals surface area (Å²) in [6.07, 6.45) is 2.88.